The van der Waals surface area contributed by atoms with Crippen LogP contribution in [0, 0.1) is 6.92 Å². The lowest BCUT2D eigenvalue weighted by Crippen LogP contribution is -2.30. The van der Waals surface area contributed by atoms with Gasteiger partial charge in [0.25, 0.3) is 15.9 Å². The van der Waals surface area contributed by atoms with Crippen LogP contribution in [0.3, 0.4) is 0 Å². The van der Waals surface area contributed by atoms with Gasteiger partial charge in [0.1, 0.15) is 15.7 Å². The first-order valence-electron chi connectivity index (χ1n) is 10.4. The van der Waals surface area contributed by atoms with Gasteiger partial charge >= 0.3 is 0 Å². The Morgan fingerprint density at radius 1 is 1.09 bits per heavy atom. The van der Waals surface area contributed by atoms with Gasteiger partial charge in [-0.05, 0) is 70.6 Å². The first kappa shape index (κ1) is 24.7. The molecule has 0 spiro atoms. The zero-order chi connectivity index (χ0) is 24.3. The van der Waals surface area contributed by atoms with E-state index in [1.165, 1.54) is 17.8 Å². The van der Waals surface area contributed by atoms with Crippen molar-refractivity contribution in [3.05, 3.63) is 104 Å². The van der Waals surface area contributed by atoms with Crippen molar-refractivity contribution < 1.29 is 13.2 Å². The molecule has 2 aromatic carbocycles. The van der Waals surface area contributed by atoms with Crippen LogP contribution >= 0.6 is 38.9 Å². The Labute approximate surface area is 215 Å². The van der Waals surface area contributed by atoms with E-state index in [2.05, 4.69) is 43.8 Å². The minimum Gasteiger partial charge on any atom is -0.330 e. The molecule has 176 valence electrons. The van der Waals surface area contributed by atoms with Crippen LogP contribution in [0.2, 0.25) is 5.02 Å². The van der Waals surface area contributed by atoms with Gasteiger partial charge in [-0.2, -0.15) is 0 Å². The van der Waals surface area contributed by atoms with Crippen LogP contribution < -0.4 is 4.72 Å². The fraction of sp³-hybridized carbons (Fsp3) is 0.167. The van der Waals surface area contributed by atoms with Gasteiger partial charge < -0.3 is 4.57 Å². The molecule has 0 aliphatic rings. The van der Waals surface area contributed by atoms with Gasteiger partial charge in [0.15, 0.2) is 0 Å². The highest BCUT2D eigenvalue weighted by molar-refractivity contribution is 9.11. The molecular formula is C24H21BrClN3O3S2. The summed E-state index contributed by atoms with van der Waals surface area (Å²) in [5.41, 5.74) is 3.32. The second kappa shape index (κ2) is 10.4. The molecule has 4 aromatic rings. The van der Waals surface area contributed by atoms with Crippen molar-refractivity contribution in [1.29, 1.82) is 0 Å². The fourth-order valence-corrected chi connectivity index (χ4v) is 6.67. The first-order valence-corrected chi connectivity index (χ1v) is 13.9. The molecule has 10 heteroatoms. The fourth-order valence-electron chi connectivity index (χ4n) is 3.44. The molecule has 0 atom stereocenters. The number of aromatic nitrogens is 2. The zero-order valence-corrected chi connectivity index (χ0v) is 22.1. The Kier molecular flexibility index (Phi) is 7.57. The van der Waals surface area contributed by atoms with Crippen molar-refractivity contribution in [2.75, 3.05) is 0 Å². The average molecular weight is 579 g/mol. The number of rotatable bonds is 8. The number of hydrogen-bond acceptors (Lipinski definition) is 5. The van der Waals surface area contributed by atoms with E-state index < -0.39 is 15.9 Å². The van der Waals surface area contributed by atoms with Crippen LogP contribution in [0.5, 0.6) is 0 Å². The number of thiophene rings is 1. The molecule has 0 saturated carbocycles. The normalized spacial score (nSPS) is 11.5. The van der Waals surface area contributed by atoms with Crippen molar-refractivity contribution in [2.45, 2.75) is 30.5 Å². The number of nitrogens with zero attached hydrogens (tertiary/aromatic N) is 2. The third-order valence-electron chi connectivity index (χ3n) is 5.25. The van der Waals surface area contributed by atoms with Gasteiger partial charge in [0.2, 0.25) is 0 Å². The predicted octanol–water partition coefficient (Wildman–Crippen LogP) is 5.62. The summed E-state index contributed by atoms with van der Waals surface area (Å²) in [7, 11) is -3.97. The van der Waals surface area contributed by atoms with E-state index in [4.69, 9.17) is 11.6 Å². The number of imidazole rings is 1. The lowest BCUT2D eigenvalue weighted by atomic mass is 10.0. The van der Waals surface area contributed by atoms with Crippen LogP contribution in [-0.2, 0) is 29.4 Å². The molecule has 2 heterocycles. The molecule has 1 N–H and O–H groups in total. The number of carbonyl (C=O) groups excluding carboxylic acids is 1. The molecular weight excluding hydrogens is 558 g/mol. The number of sulfonamides is 1. The minimum absolute atomic E-state index is 0.0206. The number of benzene rings is 2. The summed E-state index contributed by atoms with van der Waals surface area (Å²) in [5.74, 6) is -0.209. The third kappa shape index (κ3) is 5.96. The van der Waals surface area contributed by atoms with Gasteiger partial charge in [-0.1, -0.05) is 54.1 Å². The van der Waals surface area contributed by atoms with Crippen molar-refractivity contribution in [3.63, 3.8) is 0 Å². The lowest BCUT2D eigenvalue weighted by Gasteiger charge is -2.09. The number of nitrogens with one attached hydrogen (secondary N) is 1. The van der Waals surface area contributed by atoms with Gasteiger partial charge in [0.05, 0.1) is 10.3 Å². The van der Waals surface area contributed by atoms with E-state index >= 15 is 0 Å². The first-order chi connectivity index (χ1) is 16.2. The van der Waals surface area contributed by atoms with Gasteiger partial charge in [-0.25, -0.2) is 18.1 Å². The van der Waals surface area contributed by atoms with E-state index in [9.17, 15) is 13.2 Å². The summed E-state index contributed by atoms with van der Waals surface area (Å²) >= 11 is 10.8. The number of carbonyl (C=O) groups is 1. The van der Waals surface area contributed by atoms with E-state index in [0.717, 1.165) is 35.3 Å². The van der Waals surface area contributed by atoms with Gasteiger partial charge in [-0.15, -0.1) is 11.3 Å². The summed E-state index contributed by atoms with van der Waals surface area (Å²) in [6.45, 7) is 2.17. The minimum atomic E-state index is -3.97. The molecule has 0 fully saturated rings. The highest BCUT2D eigenvalue weighted by atomic mass is 79.9. The van der Waals surface area contributed by atoms with Crippen LogP contribution in [0.25, 0.3) is 0 Å². The number of amides is 1. The second-order valence-electron chi connectivity index (χ2n) is 7.71. The Morgan fingerprint density at radius 2 is 1.82 bits per heavy atom. The third-order valence-corrected chi connectivity index (χ3v) is 9.05. The molecule has 2 aromatic heterocycles. The summed E-state index contributed by atoms with van der Waals surface area (Å²) in [6, 6.07) is 19.3. The quantitative estimate of drug-likeness (QED) is 0.294. The van der Waals surface area contributed by atoms with Crippen molar-refractivity contribution in [2.24, 2.45) is 0 Å². The number of aryl methyl sites for hydroxylation is 3. The van der Waals surface area contributed by atoms with E-state index in [1.54, 1.807) is 17.6 Å². The standard InChI is InChI=1S/C24H21BrClN3O3S2/c1-16-27-21(24(30)28-34(31,32)23-12-11-22(25)33-23)15-29(16)14-19-10-9-18(13-20(19)26)8-7-17-5-3-2-4-6-17/h2-6,9-13,15H,7-8,14H2,1H3,(H,28,30). The van der Waals surface area contributed by atoms with E-state index in [1.807, 2.05) is 30.3 Å². The largest absolute Gasteiger partial charge is 0.330 e. The number of hydrogen-bond donors (Lipinski definition) is 1. The SMILES string of the molecule is Cc1nc(C(=O)NS(=O)(=O)c2ccc(Br)s2)cn1Cc1ccc(CCc2ccccc2)cc1Cl. The Balaban J connectivity index is 1.43. The maximum atomic E-state index is 12.6. The monoisotopic (exact) mass is 577 g/mol. The maximum absolute atomic E-state index is 12.6. The molecule has 0 unspecified atom stereocenters. The smallest absolute Gasteiger partial charge is 0.285 e. The second-order valence-corrected chi connectivity index (χ2v) is 12.5. The highest BCUT2D eigenvalue weighted by Gasteiger charge is 2.22. The predicted molar refractivity (Wildman–Crippen MR) is 138 cm³/mol. The molecule has 0 aliphatic carbocycles. The molecule has 4 rings (SSSR count). The van der Waals surface area contributed by atoms with Gasteiger partial charge in [0, 0.05) is 11.2 Å². The van der Waals surface area contributed by atoms with Crippen LogP contribution in [-0.4, -0.2) is 23.9 Å². The topological polar surface area (TPSA) is 81.1 Å². The van der Waals surface area contributed by atoms with Crippen LogP contribution in [0.4, 0.5) is 0 Å². The Hall–Kier alpha value is -2.46. The Bertz CT molecular complexity index is 1430. The average Bonchev–Trinajstić information content (AvgIpc) is 3.41. The molecule has 6 nitrogen and oxygen atoms in total. The molecule has 34 heavy (non-hydrogen) atoms. The molecule has 0 bridgehead atoms. The molecule has 1 amide bonds. The summed E-state index contributed by atoms with van der Waals surface area (Å²) < 4.78 is 29.4. The lowest BCUT2D eigenvalue weighted by molar-refractivity contribution is 0.0977. The van der Waals surface area contributed by atoms with Crippen LogP contribution in [0.1, 0.15) is 33.0 Å². The molecule has 0 saturated heterocycles. The number of halogens is 2. The zero-order valence-electron chi connectivity index (χ0n) is 18.2. The summed E-state index contributed by atoms with van der Waals surface area (Å²) in [4.78, 5) is 16.8. The summed E-state index contributed by atoms with van der Waals surface area (Å²) in [5, 5.41) is 0.635. The van der Waals surface area contributed by atoms with Crippen molar-refractivity contribution in [1.82, 2.24) is 14.3 Å². The molecule has 0 aliphatic heterocycles. The van der Waals surface area contributed by atoms with Gasteiger partial charge in [-0.3, -0.25) is 4.79 Å². The highest BCUT2D eigenvalue weighted by Crippen LogP contribution is 2.26. The van der Waals surface area contributed by atoms with Crippen molar-refractivity contribution in [3.8, 4) is 0 Å². The summed E-state index contributed by atoms with van der Waals surface area (Å²) in [6.07, 6.45) is 3.35. The van der Waals surface area contributed by atoms with E-state index in [-0.39, 0.29) is 9.90 Å². The van der Waals surface area contributed by atoms with Crippen LogP contribution in [0.15, 0.2) is 74.9 Å². The molecule has 0 radical (unpaired) electrons. The van der Waals surface area contributed by atoms with Crippen molar-refractivity contribution >= 4 is 54.8 Å². The maximum Gasteiger partial charge on any atom is 0.285 e. The Morgan fingerprint density at radius 3 is 2.50 bits per heavy atom. The van der Waals surface area contributed by atoms with E-state index in [0.29, 0.717) is 21.2 Å².